The summed E-state index contributed by atoms with van der Waals surface area (Å²) in [4.78, 5) is 0. The lowest BCUT2D eigenvalue weighted by molar-refractivity contribution is 0.204. The molecule has 1 heteroatoms. The van der Waals surface area contributed by atoms with E-state index < -0.39 is 0 Å². The van der Waals surface area contributed by atoms with Crippen LogP contribution in [0.2, 0.25) is 0 Å². The number of nitrogens with one attached hydrogen (secondary N) is 1. The van der Waals surface area contributed by atoms with Gasteiger partial charge in [0, 0.05) is 6.04 Å². The van der Waals surface area contributed by atoms with Crippen LogP contribution in [0.15, 0.2) is 0 Å². The van der Waals surface area contributed by atoms with Crippen LogP contribution in [0.3, 0.4) is 0 Å². The molecule has 2 aliphatic rings. The highest BCUT2D eigenvalue weighted by Gasteiger charge is 2.63. The van der Waals surface area contributed by atoms with Crippen LogP contribution in [0.4, 0.5) is 0 Å². The third-order valence-corrected chi connectivity index (χ3v) is 6.27. The number of rotatable bonds is 3. The molecule has 0 atom stereocenters. The van der Waals surface area contributed by atoms with Gasteiger partial charge in [-0.3, -0.25) is 0 Å². The van der Waals surface area contributed by atoms with E-state index >= 15 is 0 Å². The molecular weight excluding hydrogens is 206 g/mol. The summed E-state index contributed by atoms with van der Waals surface area (Å²) in [6, 6.07) is 0.787. The van der Waals surface area contributed by atoms with E-state index in [0.29, 0.717) is 16.2 Å². The molecule has 0 saturated heterocycles. The highest BCUT2D eigenvalue weighted by atomic mass is 14.9. The van der Waals surface area contributed by atoms with Crippen molar-refractivity contribution in [1.29, 1.82) is 0 Å². The molecule has 1 nitrogen and oxygen atoms in total. The van der Waals surface area contributed by atoms with E-state index in [9.17, 15) is 0 Å². The van der Waals surface area contributed by atoms with Crippen molar-refractivity contribution in [2.24, 2.45) is 22.2 Å². The Hall–Kier alpha value is -0.0400. The molecule has 0 aromatic heterocycles. The molecule has 0 amide bonds. The summed E-state index contributed by atoms with van der Waals surface area (Å²) < 4.78 is 0. The summed E-state index contributed by atoms with van der Waals surface area (Å²) in [5.41, 5.74) is 1.66. The first-order valence-electron chi connectivity index (χ1n) is 7.40. The van der Waals surface area contributed by atoms with E-state index in [1.165, 1.54) is 32.2 Å². The highest BCUT2D eigenvalue weighted by molar-refractivity contribution is 5.13. The predicted octanol–water partition coefficient (Wildman–Crippen LogP) is 4.23. The van der Waals surface area contributed by atoms with Gasteiger partial charge in [-0.25, -0.2) is 0 Å². The zero-order valence-corrected chi connectivity index (χ0v) is 12.7. The van der Waals surface area contributed by atoms with E-state index in [1.807, 2.05) is 0 Å². The van der Waals surface area contributed by atoms with Crippen molar-refractivity contribution in [2.75, 3.05) is 6.54 Å². The molecule has 17 heavy (non-hydrogen) atoms. The molecular formula is C16H31N. The fourth-order valence-corrected chi connectivity index (χ4v) is 3.73. The van der Waals surface area contributed by atoms with Crippen LogP contribution >= 0.6 is 0 Å². The average Bonchev–Trinajstić information content (AvgIpc) is 2.57. The Bertz CT molecular complexity index is 264. The second-order valence-electron chi connectivity index (χ2n) is 8.34. The maximum Gasteiger partial charge on any atom is 0.00675 e. The summed E-state index contributed by atoms with van der Waals surface area (Å²) in [5, 5.41) is 3.83. The molecule has 100 valence electrons. The lowest BCUT2D eigenvalue weighted by Crippen LogP contribution is -2.37. The maximum absolute atomic E-state index is 3.83. The molecule has 0 aliphatic heterocycles. The summed E-state index contributed by atoms with van der Waals surface area (Å²) in [6.07, 6.45) is 5.53. The van der Waals surface area contributed by atoms with Crippen LogP contribution < -0.4 is 5.32 Å². The Morgan fingerprint density at radius 1 is 0.882 bits per heavy atom. The number of hydrogen-bond acceptors (Lipinski definition) is 1. The fourth-order valence-electron chi connectivity index (χ4n) is 3.73. The third kappa shape index (κ3) is 2.41. The normalized spacial score (nSPS) is 31.4. The Morgan fingerprint density at radius 2 is 1.35 bits per heavy atom. The van der Waals surface area contributed by atoms with Gasteiger partial charge in [0.2, 0.25) is 0 Å². The van der Waals surface area contributed by atoms with Gasteiger partial charge in [0.25, 0.3) is 0 Å². The maximum atomic E-state index is 3.83. The molecule has 0 aromatic carbocycles. The minimum Gasteiger partial charge on any atom is -0.314 e. The topological polar surface area (TPSA) is 12.0 Å². The molecule has 1 N–H and O–H groups in total. The fraction of sp³-hybridized carbons (Fsp3) is 1.00. The molecule has 2 aliphatic carbocycles. The Labute approximate surface area is 108 Å². The lowest BCUT2D eigenvalue weighted by atomic mass is 9.75. The number of hydrogen-bond donors (Lipinski definition) is 1. The molecule has 2 rings (SSSR count). The summed E-state index contributed by atoms with van der Waals surface area (Å²) in [7, 11) is 0. The van der Waals surface area contributed by atoms with E-state index in [0.717, 1.165) is 12.0 Å². The van der Waals surface area contributed by atoms with Gasteiger partial charge in [-0.2, -0.15) is 0 Å². The Morgan fingerprint density at radius 3 is 1.76 bits per heavy atom. The molecule has 0 unspecified atom stereocenters. The van der Waals surface area contributed by atoms with Crippen molar-refractivity contribution >= 4 is 0 Å². The standard InChI is InChI=1S/C16H31N/c1-14(2)9-7-12(8-10-14)17-11-13-15(3,4)16(13,5)6/h12-13,17H,7-11H2,1-6H3. The second-order valence-corrected chi connectivity index (χ2v) is 8.34. The van der Waals surface area contributed by atoms with Crippen LogP contribution in [0.25, 0.3) is 0 Å². The van der Waals surface area contributed by atoms with Crippen LogP contribution in [0.1, 0.15) is 67.2 Å². The van der Waals surface area contributed by atoms with Crippen molar-refractivity contribution in [2.45, 2.75) is 73.3 Å². The molecule has 0 bridgehead atoms. The van der Waals surface area contributed by atoms with Crippen molar-refractivity contribution in [3.63, 3.8) is 0 Å². The van der Waals surface area contributed by atoms with Crippen LogP contribution in [-0.4, -0.2) is 12.6 Å². The highest BCUT2D eigenvalue weighted by Crippen LogP contribution is 2.68. The third-order valence-electron chi connectivity index (χ3n) is 6.27. The summed E-state index contributed by atoms with van der Waals surface area (Å²) >= 11 is 0. The first kappa shape index (κ1) is 13.4. The minimum absolute atomic E-state index is 0.536. The molecule has 2 saturated carbocycles. The Balaban J connectivity index is 1.75. The summed E-state index contributed by atoms with van der Waals surface area (Å²) in [5.74, 6) is 0.866. The smallest absolute Gasteiger partial charge is 0.00675 e. The van der Waals surface area contributed by atoms with Crippen molar-refractivity contribution < 1.29 is 0 Å². The van der Waals surface area contributed by atoms with Gasteiger partial charge >= 0.3 is 0 Å². The molecule has 0 spiro atoms. The van der Waals surface area contributed by atoms with Crippen LogP contribution in [0.5, 0.6) is 0 Å². The second kappa shape index (κ2) is 3.98. The first-order valence-corrected chi connectivity index (χ1v) is 7.40. The predicted molar refractivity (Wildman–Crippen MR) is 75.1 cm³/mol. The van der Waals surface area contributed by atoms with E-state index in [1.54, 1.807) is 0 Å². The first-order chi connectivity index (χ1) is 7.67. The van der Waals surface area contributed by atoms with Crippen molar-refractivity contribution in [3.8, 4) is 0 Å². The van der Waals surface area contributed by atoms with Crippen LogP contribution in [0, 0.1) is 22.2 Å². The lowest BCUT2D eigenvalue weighted by Gasteiger charge is -2.34. The van der Waals surface area contributed by atoms with E-state index in [-0.39, 0.29) is 0 Å². The Kier molecular flexibility index (Phi) is 3.14. The average molecular weight is 237 g/mol. The van der Waals surface area contributed by atoms with Crippen molar-refractivity contribution in [3.05, 3.63) is 0 Å². The zero-order chi connectivity index (χ0) is 12.9. The van der Waals surface area contributed by atoms with Gasteiger partial charge in [-0.15, -0.1) is 0 Å². The molecule has 0 aromatic rings. The zero-order valence-electron chi connectivity index (χ0n) is 12.7. The van der Waals surface area contributed by atoms with Crippen molar-refractivity contribution in [1.82, 2.24) is 5.32 Å². The monoisotopic (exact) mass is 237 g/mol. The van der Waals surface area contributed by atoms with Crippen LogP contribution in [-0.2, 0) is 0 Å². The largest absolute Gasteiger partial charge is 0.314 e. The molecule has 2 fully saturated rings. The van der Waals surface area contributed by atoms with Gasteiger partial charge in [0.05, 0.1) is 0 Å². The van der Waals surface area contributed by atoms with Gasteiger partial charge in [0.1, 0.15) is 0 Å². The molecule has 0 radical (unpaired) electrons. The van der Waals surface area contributed by atoms with E-state index in [4.69, 9.17) is 0 Å². The van der Waals surface area contributed by atoms with E-state index in [2.05, 4.69) is 46.9 Å². The van der Waals surface area contributed by atoms with Gasteiger partial charge in [-0.05, 0) is 54.4 Å². The summed E-state index contributed by atoms with van der Waals surface area (Å²) in [6.45, 7) is 15.7. The minimum atomic E-state index is 0.536. The van der Waals surface area contributed by atoms with Gasteiger partial charge in [-0.1, -0.05) is 41.5 Å². The SMILES string of the molecule is CC1(C)CCC(NCC2C(C)(C)C2(C)C)CC1. The molecule has 0 heterocycles. The van der Waals surface area contributed by atoms with Gasteiger partial charge < -0.3 is 5.32 Å². The quantitative estimate of drug-likeness (QED) is 0.774. The van der Waals surface area contributed by atoms with Gasteiger partial charge in [0.15, 0.2) is 0 Å².